The van der Waals surface area contributed by atoms with Crippen molar-refractivity contribution in [3.63, 3.8) is 0 Å². The topological polar surface area (TPSA) is 93.5 Å². The molecule has 1 aliphatic heterocycles. The highest BCUT2D eigenvalue weighted by molar-refractivity contribution is 7.89. The number of halogens is 1. The van der Waals surface area contributed by atoms with Gasteiger partial charge in [-0.25, -0.2) is 22.5 Å². The molecule has 0 saturated heterocycles. The standard InChI is InChI=1S/C15H17FN4O4S/c1-19-9-14(17-10-19)25(22,23)18-7-15(21)20-5-6-24-13-4-2-3-12(16)11(13)8-20/h2-4,9-10,18H,5-8H2,1H3. The summed E-state index contributed by atoms with van der Waals surface area (Å²) in [5.41, 5.74) is 0.279. The molecule has 1 N–H and O–H groups in total. The number of fused-ring (bicyclic) bond motifs is 1. The summed E-state index contributed by atoms with van der Waals surface area (Å²) in [6.45, 7) is 0.0162. The van der Waals surface area contributed by atoms with Gasteiger partial charge in [0.05, 0.1) is 26.0 Å². The number of nitrogens with zero attached hydrogens (tertiary/aromatic N) is 3. The Morgan fingerprint density at radius 1 is 1.44 bits per heavy atom. The summed E-state index contributed by atoms with van der Waals surface area (Å²) in [4.78, 5) is 17.5. The van der Waals surface area contributed by atoms with E-state index >= 15 is 0 Å². The van der Waals surface area contributed by atoms with Gasteiger partial charge in [-0.15, -0.1) is 0 Å². The molecular formula is C15H17FN4O4S. The number of aromatic nitrogens is 2. The van der Waals surface area contributed by atoms with Crippen molar-refractivity contribution in [1.82, 2.24) is 19.2 Å². The van der Waals surface area contributed by atoms with Crippen LogP contribution in [-0.4, -0.2) is 48.5 Å². The van der Waals surface area contributed by atoms with Crippen molar-refractivity contribution in [2.75, 3.05) is 19.7 Å². The zero-order valence-corrected chi connectivity index (χ0v) is 14.3. The van der Waals surface area contributed by atoms with Crippen LogP contribution in [0.2, 0.25) is 0 Å². The van der Waals surface area contributed by atoms with Crippen LogP contribution in [0.4, 0.5) is 4.39 Å². The summed E-state index contributed by atoms with van der Waals surface area (Å²) < 4.78 is 47.3. The van der Waals surface area contributed by atoms with Crippen molar-refractivity contribution >= 4 is 15.9 Å². The fraction of sp³-hybridized carbons (Fsp3) is 0.333. The van der Waals surface area contributed by atoms with Crippen molar-refractivity contribution in [2.24, 2.45) is 7.05 Å². The summed E-state index contributed by atoms with van der Waals surface area (Å²) in [5, 5.41) is -0.168. The molecule has 8 nitrogen and oxygen atoms in total. The average Bonchev–Trinajstić information content (AvgIpc) is 2.89. The number of imidazole rings is 1. The number of aryl methyl sites for hydroxylation is 1. The van der Waals surface area contributed by atoms with Crippen LogP contribution in [0.1, 0.15) is 5.56 Å². The van der Waals surface area contributed by atoms with E-state index in [4.69, 9.17) is 4.74 Å². The molecule has 0 atom stereocenters. The first-order valence-corrected chi connectivity index (χ1v) is 9.01. The monoisotopic (exact) mass is 368 g/mol. The zero-order valence-electron chi connectivity index (χ0n) is 13.5. The van der Waals surface area contributed by atoms with E-state index in [2.05, 4.69) is 9.71 Å². The third-order valence-electron chi connectivity index (χ3n) is 3.77. The van der Waals surface area contributed by atoms with E-state index in [1.54, 1.807) is 13.1 Å². The highest BCUT2D eigenvalue weighted by Crippen LogP contribution is 2.25. The molecule has 0 saturated carbocycles. The first-order chi connectivity index (χ1) is 11.9. The SMILES string of the molecule is Cn1cnc(S(=O)(=O)NCC(=O)N2CCOc3cccc(F)c3C2)c1. The first-order valence-electron chi connectivity index (χ1n) is 7.52. The molecule has 1 aromatic heterocycles. The number of benzene rings is 1. The smallest absolute Gasteiger partial charge is 0.260 e. The van der Waals surface area contributed by atoms with Gasteiger partial charge >= 0.3 is 0 Å². The summed E-state index contributed by atoms with van der Waals surface area (Å²) in [5.74, 6) is -0.546. The first kappa shape index (κ1) is 17.4. The van der Waals surface area contributed by atoms with Gasteiger partial charge in [0.2, 0.25) is 5.91 Å². The van der Waals surface area contributed by atoms with Crippen molar-refractivity contribution < 1.29 is 22.3 Å². The Bertz CT molecular complexity index is 897. The van der Waals surface area contributed by atoms with Gasteiger partial charge in [0.15, 0.2) is 5.03 Å². The third-order valence-corrected chi connectivity index (χ3v) is 5.05. The van der Waals surface area contributed by atoms with Gasteiger partial charge in [-0.2, -0.15) is 0 Å². The number of carbonyl (C=O) groups is 1. The quantitative estimate of drug-likeness (QED) is 0.836. The Morgan fingerprint density at radius 3 is 2.96 bits per heavy atom. The Kier molecular flexibility index (Phi) is 4.73. The number of amides is 1. The molecule has 0 fully saturated rings. The maximum absolute atomic E-state index is 13.9. The van der Waals surface area contributed by atoms with E-state index in [0.717, 1.165) is 0 Å². The van der Waals surface area contributed by atoms with Gasteiger partial charge in [0.25, 0.3) is 10.0 Å². The lowest BCUT2D eigenvalue weighted by Gasteiger charge is -2.20. The molecule has 0 radical (unpaired) electrons. The van der Waals surface area contributed by atoms with Gasteiger partial charge in [0.1, 0.15) is 18.2 Å². The molecule has 1 aliphatic rings. The van der Waals surface area contributed by atoms with E-state index in [9.17, 15) is 17.6 Å². The van der Waals surface area contributed by atoms with Crippen LogP contribution in [0.3, 0.4) is 0 Å². The van der Waals surface area contributed by atoms with Gasteiger partial charge in [-0.1, -0.05) is 6.07 Å². The van der Waals surface area contributed by atoms with Crippen LogP contribution in [0.15, 0.2) is 35.7 Å². The van der Waals surface area contributed by atoms with E-state index in [1.807, 2.05) is 0 Å². The van der Waals surface area contributed by atoms with Gasteiger partial charge in [-0.3, -0.25) is 4.79 Å². The van der Waals surface area contributed by atoms with Crippen LogP contribution < -0.4 is 9.46 Å². The minimum absolute atomic E-state index is 0.0200. The van der Waals surface area contributed by atoms with Crippen LogP contribution in [0, 0.1) is 5.82 Å². The number of carbonyl (C=O) groups excluding carboxylic acids is 1. The lowest BCUT2D eigenvalue weighted by molar-refractivity contribution is -0.130. The summed E-state index contributed by atoms with van der Waals surface area (Å²) in [7, 11) is -2.25. The largest absolute Gasteiger partial charge is 0.491 e. The number of rotatable bonds is 4. The Morgan fingerprint density at radius 2 is 2.24 bits per heavy atom. The van der Waals surface area contributed by atoms with Crippen molar-refractivity contribution in [1.29, 1.82) is 0 Å². The Labute approximate surface area is 144 Å². The molecule has 1 aromatic carbocycles. The molecule has 0 aliphatic carbocycles. The summed E-state index contributed by atoms with van der Waals surface area (Å²) in [6.07, 6.45) is 2.68. The fourth-order valence-corrected chi connectivity index (χ4v) is 3.40. The molecule has 10 heteroatoms. The van der Waals surface area contributed by atoms with E-state index in [1.165, 1.54) is 34.1 Å². The molecule has 0 unspecified atom stereocenters. The summed E-state index contributed by atoms with van der Waals surface area (Å²) in [6, 6.07) is 4.46. The highest BCUT2D eigenvalue weighted by Gasteiger charge is 2.24. The van der Waals surface area contributed by atoms with Crippen LogP contribution >= 0.6 is 0 Å². The third kappa shape index (κ3) is 3.80. The average molecular weight is 368 g/mol. The lowest BCUT2D eigenvalue weighted by atomic mass is 10.2. The fourth-order valence-electron chi connectivity index (χ4n) is 2.45. The van der Waals surface area contributed by atoms with E-state index in [0.29, 0.717) is 5.75 Å². The van der Waals surface area contributed by atoms with Gasteiger partial charge in [0, 0.05) is 18.8 Å². The van der Waals surface area contributed by atoms with Crippen molar-refractivity contribution in [3.8, 4) is 5.75 Å². The van der Waals surface area contributed by atoms with Crippen LogP contribution in [0.25, 0.3) is 0 Å². The number of hydrogen-bond donors (Lipinski definition) is 1. The molecule has 2 aromatic rings. The molecule has 3 rings (SSSR count). The second kappa shape index (κ2) is 6.81. The lowest BCUT2D eigenvalue weighted by Crippen LogP contribution is -2.40. The zero-order chi connectivity index (χ0) is 18.0. The highest BCUT2D eigenvalue weighted by atomic mass is 32.2. The van der Waals surface area contributed by atoms with Gasteiger partial charge < -0.3 is 14.2 Å². The number of sulfonamides is 1. The molecule has 0 spiro atoms. The normalized spacial score (nSPS) is 14.6. The predicted octanol–water partition coefficient (Wildman–Crippen LogP) is 0.259. The van der Waals surface area contributed by atoms with Crippen molar-refractivity contribution in [3.05, 3.63) is 42.1 Å². The number of hydrogen-bond acceptors (Lipinski definition) is 5. The Balaban J connectivity index is 1.68. The minimum atomic E-state index is -3.89. The molecular weight excluding hydrogens is 351 g/mol. The second-order valence-corrected chi connectivity index (χ2v) is 7.30. The van der Waals surface area contributed by atoms with Gasteiger partial charge in [-0.05, 0) is 12.1 Å². The Hall–Kier alpha value is -2.46. The van der Waals surface area contributed by atoms with E-state index in [-0.39, 0.29) is 30.3 Å². The van der Waals surface area contributed by atoms with E-state index < -0.39 is 28.3 Å². The molecule has 1 amide bonds. The summed E-state index contributed by atoms with van der Waals surface area (Å²) >= 11 is 0. The molecule has 0 bridgehead atoms. The maximum atomic E-state index is 13.9. The van der Waals surface area contributed by atoms with Crippen LogP contribution in [-0.2, 0) is 28.4 Å². The van der Waals surface area contributed by atoms with Crippen LogP contribution in [0.5, 0.6) is 5.75 Å². The number of ether oxygens (including phenoxy) is 1. The van der Waals surface area contributed by atoms with Crippen molar-refractivity contribution in [2.45, 2.75) is 11.6 Å². The second-order valence-electron chi connectivity index (χ2n) is 5.58. The minimum Gasteiger partial charge on any atom is -0.491 e. The maximum Gasteiger partial charge on any atom is 0.260 e. The molecule has 25 heavy (non-hydrogen) atoms. The molecule has 134 valence electrons. The molecule has 2 heterocycles. The number of nitrogens with one attached hydrogen (secondary N) is 1. The predicted molar refractivity (Wildman–Crippen MR) is 85.7 cm³/mol.